The SMILES string of the molecule is CC(C)(C)N(CC1CC(O)CN1)C(=O)O. The van der Waals surface area contributed by atoms with Crippen LogP contribution in [0.1, 0.15) is 27.2 Å². The molecule has 2 unspecified atom stereocenters. The summed E-state index contributed by atoms with van der Waals surface area (Å²) in [7, 11) is 0. The van der Waals surface area contributed by atoms with Gasteiger partial charge in [-0.1, -0.05) is 0 Å². The number of aliphatic hydroxyl groups is 1. The molecule has 88 valence electrons. The Labute approximate surface area is 90.1 Å². The molecular formula is C10H20N2O3. The number of nitrogens with one attached hydrogen (secondary N) is 1. The van der Waals surface area contributed by atoms with Crippen molar-refractivity contribution in [3.05, 3.63) is 0 Å². The fraction of sp³-hybridized carbons (Fsp3) is 0.900. The van der Waals surface area contributed by atoms with Crippen LogP contribution >= 0.6 is 0 Å². The van der Waals surface area contributed by atoms with Crippen molar-refractivity contribution < 1.29 is 15.0 Å². The van der Waals surface area contributed by atoms with E-state index in [9.17, 15) is 9.90 Å². The second-order valence-electron chi connectivity index (χ2n) is 5.06. The largest absolute Gasteiger partial charge is 0.465 e. The maximum Gasteiger partial charge on any atom is 0.407 e. The third-order valence-corrected chi connectivity index (χ3v) is 2.64. The quantitative estimate of drug-likeness (QED) is 0.628. The molecule has 1 aliphatic rings. The van der Waals surface area contributed by atoms with Gasteiger partial charge >= 0.3 is 6.09 Å². The highest BCUT2D eigenvalue weighted by Crippen LogP contribution is 2.16. The average molecular weight is 216 g/mol. The second-order valence-corrected chi connectivity index (χ2v) is 5.06. The molecule has 3 N–H and O–H groups in total. The number of hydrogen-bond donors (Lipinski definition) is 3. The van der Waals surface area contributed by atoms with E-state index in [1.54, 1.807) is 0 Å². The summed E-state index contributed by atoms with van der Waals surface area (Å²) in [6, 6.07) is 0.0651. The number of β-amino-alcohol motifs (C(OH)–C–C–N with tert-alkyl or cyclic N) is 1. The number of nitrogens with zero attached hydrogens (tertiary/aromatic N) is 1. The lowest BCUT2D eigenvalue weighted by molar-refractivity contribution is 0.0929. The standard InChI is InChI=1S/C10H20N2O3/c1-10(2,3)12(9(14)15)6-7-4-8(13)5-11-7/h7-8,11,13H,4-6H2,1-3H3,(H,14,15). The summed E-state index contributed by atoms with van der Waals surface area (Å²) in [4.78, 5) is 12.5. The fourth-order valence-corrected chi connectivity index (χ4v) is 1.80. The van der Waals surface area contributed by atoms with Gasteiger partial charge in [0.1, 0.15) is 0 Å². The molecule has 0 aromatic rings. The van der Waals surface area contributed by atoms with Crippen molar-refractivity contribution in [3.8, 4) is 0 Å². The van der Waals surface area contributed by atoms with Crippen molar-refractivity contribution in [2.45, 2.75) is 44.9 Å². The number of carboxylic acid groups (broad SMARTS) is 1. The average Bonchev–Trinajstić information content (AvgIpc) is 2.44. The number of hydrogen-bond acceptors (Lipinski definition) is 3. The lowest BCUT2D eigenvalue weighted by atomic mass is 10.0. The van der Waals surface area contributed by atoms with Crippen LogP contribution in [0.2, 0.25) is 0 Å². The second kappa shape index (κ2) is 4.37. The predicted octanol–water partition coefficient (Wildman–Crippen LogP) is 0.488. The van der Waals surface area contributed by atoms with Gasteiger partial charge in [-0.05, 0) is 27.2 Å². The molecule has 5 nitrogen and oxygen atoms in total. The van der Waals surface area contributed by atoms with Crippen LogP contribution in [-0.2, 0) is 0 Å². The normalized spacial score (nSPS) is 26.7. The summed E-state index contributed by atoms with van der Waals surface area (Å²) in [5.41, 5.74) is -0.402. The van der Waals surface area contributed by atoms with Crippen LogP contribution in [0.4, 0.5) is 4.79 Å². The molecule has 2 atom stereocenters. The van der Waals surface area contributed by atoms with E-state index in [0.717, 1.165) is 0 Å². The number of carbonyl (C=O) groups is 1. The van der Waals surface area contributed by atoms with E-state index in [1.165, 1.54) is 4.90 Å². The summed E-state index contributed by atoms with van der Waals surface area (Å²) >= 11 is 0. The molecule has 15 heavy (non-hydrogen) atoms. The first kappa shape index (κ1) is 12.3. The first-order valence-electron chi connectivity index (χ1n) is 5.22. The maximum absolute atomic E-state index is 11.1. The van der Waals surface area contributed by atoms with Crippen LogP contribution in [0.25, 0.3) is 0 Å². The molecule has 1 saturated heterocycles. The molecule has 1 amide bonds. The van der Waals surface area contributed by atoms with Crippen LogP contribution in [0, 0.1) is 0 Å². The van der Waals surface area contributed by atoms with Crippen molar-refractivity contribution >= 4 is 6.09 Å². The summed E-state index contributed by atoms with van der Waals surface area (Å²) in [6.45, 7) is 6.59. The summed E-state index contributed by atoms with van der Waals surface area (Å²) in [5.74, 6) is 0. The Hall–Kier alpha value is -0.810. The molecule has 1 aliphatic heterocycles. The predicted molar refractivity (Wildman–Crippen MR) is 56.9 cm³/mol. The zero-order chi connectivity index (χ0) is 11.6. The molecule has 0 aliphatic carbocycles. The van der Waals surface area contributed by atoms with E-state index in [1.807, 2.05) is 20.8 Å². The molecule has 0 bridgehead atoms. The zero-order valence-corrected chi connectivity index (χ0v) is 9.53. The highest BCUT2D eigenvalue weighted by Gasteiger charge is 2.31. The lowest BCUT2D eigenvalue weighted by Gasteiger charge is -2.35. The van der Waals surface area contributed by atoms with Crippen molar-refractivity contribution in [1.82, 2.24) is 10.2 Å². The van der Waals surface area contributed by atoms with Gasteiger partial charge in [0.05, 0.1) is 6.10 Å². The molecule has 0 spiro atoms. The van der Waals surface area contributed by atoms with E-state index in [0.29, 0.717) is 19.5 Å². The molecule has 1 fully saturated rings. The van der Waals surface area contributed by atoms with Gasteiger partial charge in [0.15, 0.2) is 0 Å². The monoisotopic (exact) mass is 216 g/mol. The van der Waals surface area contributed by atoms with Gasteiger partial charge in [0, 0.05) is 24.7 Å². The van der Waals surface area contributed by atoms with E-state index in [-0.39, 0.29) is 12.1 Å². The molecular weight excluding hydrogens is 196 g/mol. The number of rotatable bonds is 2. The van der Waals surface area contributed by atoms with Gasteiger partial charge in [0.25, 0.3) is 0 Å². The molecule has 0 saturated carbocycles. The first-order valence-corrected chi connectivity index (χ1v) is 5.22. The molecule has 0 aromatic carbocycles. The molecule has 0 radical (unpaired) electrons. The van der Waals surface area contributed by atoms with Crippen LogP contribution in [-0.4, -0.2) is 52.0 Å². The lowest BCUT2D eigenvalue weighted by Crippen LogP contribution is -2.50. The van der Waals surface area contributed by atoms with Gasteiger partial charge in [-0.15, -0.1) is 0 Å². The molecule has 5 heteroatoms. The maximum atomic E-state index is 11.1. The first-order chi connectivity index (χ1) is 6.80. The van der Waals surface area contributed by atoms with Gasteiger partial charge in [0.2, 0.25) is 0 Å². The van der Waals surface area contributed by atoms with E-state index in [2.05, 4.69) is 5.32 Å². The Morgan fingerprint density at radius 2 is 2.13 bits per heavy atom. The number of aliphatic hydroxyl groups excluding tert-OH is 1. The van der Waals surface area contributed by atoms with E-state index >= 15 is 0 Å². The van der Waals surface area contributed by atoms with E-state index < -0.39 is 11.6 Å². The number of amides is 1. The highest BCUT2D eigenvalue weighted by molar-refractivity contribution is 5.66. The van der Waals surface area contributed by atoms with Crippen LogP contribution in [0.3, 0.4) is 0 Å². The summed E-state index contributed by atoms with van der Waals surface area (Å²) in [5, 5.41) is 21.5. The Balaban J connectivity index is 2.56. The summed E-state index contributed by atoms with van der Waals surface area (Å²) < 4.78 is 0. The van der Waals surface area contributed by atoms with Crippen LogP contribution in [0.5, 0.6) is 0 Å². The zero-order valence-electron chi connectivity index (χ0n) is 9.53. The van der Waals surface area contributed by atoms with Gasteiger partial charge in [-0.2, -0.15) is 0 Å². The third-order valence-electron chi connectivity index (χ3n) is 2.64. The Kier molecular flexibility index (Phi) is 3.57. The molecule has 1 rings (SSSR count). The van der Waals surface area contributed by atoms with Gasteiger partial charge in [-0.3, -0.25) is 0 Å². The van der Waals surface area contributed by atoms with Crippen molar-refractivity contribution in [1.29, 1.82) is 0 Å². The van der Waals surface area contributed by atoms with Crippen LogP contribution < -0.4 is 5.32 Å². The van der Waals surface area contributed by atoms with Gasteiger partial charge in [-0.25, -0.2) is 4.79 Å². The molecule has 0 aromatic heterocycles. The Morgan fingerprint density at radius 1 is 1.53 bits per heavy atom. The third kappa shape index (κ3) is 3.35. The highest BCUT2D eigenvalue weighted by atomic mass is 16.4. The minimum absolute atomic E-state index is 0.0651. The van der Waals surface area contributed by atoms with Crippen molar-refractivity contribution in [2.24, 2.45) is 0 Å². The van der Waals surface area contributed by atoms with Crippen molar-refractivity contribution in [3.63, 3.8) is 0 Å². The summed E-state index contributed by atoms with van der Waals surface area (Å²) in [6.07, 6.45) is -0.629. The van der Waals surface area contributed by atoms with Gasteiger partial charge < -0.3 is 20.4 Å². The fourth-order valence-electron chi connectivity index (χ4n) is 1.80. The smallest absolute Gasteiger partial charge is 0.407 e. The minimum atomic E-state index is -0.911. The van der Waals surface area contributed by atoms with Crippen molar-refractivity contribution in [2.75, 3.05) is 13.1 Å². The topological polar surface area (TPSA) is 72.8 Å². The Bertz CT molecular complexity index is 237. The molecule has 1 heterocycles. The minimum Gasteiger partial charge on any atom is -0.465 e. The Morgan fingerprint density at radius 3 is 2.47 bits per heavy atom. The van der Waals surface area contributed by atoms with Crippen LogP contribution in [0.15, 0.2) is 0 Å². The van der Waals surface area contributed by atoms with E-state index in [4.69, 9.17) is 5.11 Å².